The maximum absolute atomic E-state index is 2.47. The van der Waals surface area contributed by atoms with Crippen LogP contribution in [0.2, 0.25) is 0 Å². The Kier molecular flexibility index (Phi) is 7.39. The fourth-order valence-electron chi connectivity index (χ4n) is 8.38. The zero-order chi connectivity index (χ0) is 36.3. The van der Waals surface area contributed by atoms with E-state index in [2.05, 4.69) is 216 Å². The van der Waals surface area contributed by atoms with Gasteiger partial charge >= 0.3 is 0 Å². The number of thiophene rings is 1. The van der Waals surface area contributed by atoms with Gasteiger partial charge in [0.05, 0.1) is 21.4 Å². The third-order valence-electron chi connectivity index (χ3n) is 11.0. The van der Waals surface area contributed by atoms with E-state index >= 15 is 0 Å². The van der Waals surface area contributed by atoms with Gasteiger partial charge in [0, 0.05) is 48.7 Å². The maximum atomic E-state index is 2.47. The molecule has 0 saturated heterocycles. The molecular weight excluding hydrogens is 685 g/mol. The zero-order valence-corrected chi connectivity index (χ0v) is 30.7. The van der Waals surface area contributed by atoms with Crippen LogP contribution in [0.5, 0.6) is 0 Å². The number of para-hydroxylation sites is 2. The second-order valence-electron chi connectivity index (χ2n) is 14.1. The standard InChI is InChI=1S/C52H34N2S/c1-4-13-35(14-5-1)39-26-32-50-47(34-39)45-30-29-44-46-33-38(25-31-49(46)54(51(44)52(45)55-50)41-19-8-3-9-20-41)36-23-27-42(28-24-36)53(40-17-6-2-7-18-40)48-22-12-16-37-15-10-11-21-43(37)48/h1-34H. The van der Waals surface area contributed by atoms with E-state index in [1.165, 1.54) is 80.7 Å². The summed E-state index contributed by atoms with van der Waals surface area (Å²) in [6.45, 7) is 0. The second kappa shape index (κ2) is 12.9. The lowest BCUT2D eigenvalue weighted by Crippen LogP contribution is -2.10. The summed E-state index contributed by atoms with van der Waals surface area (Å²) in [6, 6.07) is 75.0. The summed E-state index contributed by atoms with van der Waals surface area (Å²) < 4.78 is 5.09. The van der Waals surface area contributed by atoms with Gasteiger partial charge in [-0.2, -0.15) is 0 Å². The molecule has 0 amide bonds. The van der Waals surface area contributed by atoms with Gasteiger partial charge in [-0.3, -0.25) is 0 Å². The summed E-state index contributed by atoms with van der Waals surface area (Å²) >= 11 is 1.90. The second-order valence-corrected chi connectivity index (χ2v) is 15.2. The Morgan fingerprint density at radius 1 is 0.382 bits per heavy atom. The molecule has 2 aromatic heterocycles. The van der Waals surface area contributed by atoms with Crippen LogP contribution in [0, 0.1) is 0 Å². The Balaban J connectivity index is 1.06. The van der Waals surface area contributed by atoms with Crippen LogP contribution in [-0.4, -0.2) is 4.57 Å². The normalized spacial score (nSPS) is 11.6. The molecular formula is C52H34N2S. The number of fused-ring (bicyclic) bond motifs is 8. The molecule has 0 bridgehead atoms. The van der Waals surface area contributed by atoms with E-state index in [4.69, 9.17) is 0 Å². The minimum absolute atomic E-state index is 1.12. The molecule has 0 aliphatic heterocycles. The molecule has 2 nitrogen and oxygen atoms in total. The molecule has 0 unspecified atom stereocenters. The van der Waals surface area contributed by atoms with Crippen LogP contribution in [-0.2, 0) is 0 Å². The summed E-state index contributed by atoms with van der Waals surface area (Å²) in [5, 5.41) is 7.59. The average molecular weight is 719 g/mol. The van der Waals surface area contributed by atoms with Crippen molar-refractivity contribution < 1.29 is 0 Å². The first kappa shape index (κ1) is 31.6. The molecule has 0 atom stereocenters. The van der Waals surface area contributed by atoms with Crippen LogP contribution in [0.4, 0.5) is 17.1 Å². The van der Waals surface area contributed by atoms with Gasteiger partial charge in [-0.15, -0.1) is 11.3 Å². The van der Waals surface area contributed by atoms with Crippen molar-refractivity contribution in [1.29, 1.82) is 0 Å². The molecule has 0 spiro atoms. The van der Waals surface area contributed by atoms with Crippen molar-refractivity contribution in [1.82, 2.24) is 4.57 Å². The molecule has 0 aliphatic rings. The largest absolute Gasteiger partial charge is 0.310 e. The molecule has 9 aromatic carbocycles. The highest BCUT2D eigenvalue weighted by atomic mass is 32.1. The third kappa shape index (κ3) is 5.24. The summed E-state index contributed by atoms with van der Waals surface area (Å²) in [5.41, 5.74) is 11.9. The molecule has 0 N–H and O–H groups in total. The first-order valence-electron chi connectivity index (χ1n) is 18.8. The van der Waals surface area contributed by atoms with Crippen molar-refractivity contribution in [2.24, 2.45) is 0 Å². The van der Waals surface area contributed by atoms with Crippen LogP contribution in [0.3, 0.4) is 0 Å². The molecule has 11 rings (SSSR count). The van der Waals surface area contributed by atoms with Crippen LogP contribution in [0.25, 0.3) is 80.7 Å². The Labute approximate surface area is 323 Å². The fourth-order valence-corrected chi connectivity index (χ4v) is 9.60. The predicted octanol–water partition coefficient (Wildman–Crippen LogP) is 15.1. The Morgan fingerprint density at radius 2 is 0.982 bits per heavy atom. The van der Waals surface area contributed by atoms with Gasteiger partial charge in [0.25, 0.3) is 0 Å². The van der Waals surface area contributed by atoms with E-state index in [0.717, 1.165) is 17.1 Å². The van der Waals surface area contributed by atoms with Gasteiger partial charge in [-0.1, -0.05) is 140 Å². The topological polar surface area (TPSA) is 8.17 Å². The maximum Gasteiger partial charge on any atom is 0.0719 e. The van der Waals surface area contributed by atoms with Gasteiger partial charge in [0.15, 0.2) is 0 Å². The monoisotopic (exact) mass is 718 g/mol. The minimum Gasteiger partial charge on any atom is -0.310 e. The molecule has 0 saturated carbocycles. The highest BCUT2D eigenvalue weighted by Crippen LogP contribution is 2.45. The molecule has 55 heavy (non-hydrogen) atoms. The Hall–Kier alpha value is -6.94. The van der Waals surface area contributed by atoms with Gasteiger partial charge in [-0.05, 0) is 94.4 Å². The van der Waals surface area contributed by atoms with Crippen molar-refractivity contribution in [2.45, 2.75) is 0 Å². The van der Waals surface area contributed by atoms with E-state index in [9.17, 15) is 0 Å². The molecule has 3 heteroatoms. The number of aromatic nitrogens is 1. The van der Waals surface area contributed by atoms with Crippen molar-refractivity contribution in [3.05, 3.63) is 206 Å². The predicted molar refractivity (Wildman–Crippen MR) is 237 cm³/mol. The zero-order valence-electron chi connectivity index (χ0n) is 29.9. The van der Waals surface area contributed by atoms with Crippen LogP contribution in [0.1, 0.15) is 0 Å². The number of nitrogens with zero attached hydrogens (tertiary/aromatic N) is 2. The lowest BCUT2D eigenvalue weighted by atomic mass is 10.0. The van der Waals surface area contributed by atoms with Crippen molar-refractivity contribution in [3.8, 4) is 27.9 Å². The quantitative estimate of drug-likeness (QED) is 0.166. The molecule has 0 aliphatic carbocycles. The van der Waals surface area contributed by atoms with E-state index in [1.807, 2.05) is 11.3 Å². The van der Waals surface area contributed by atoms with Gasteiger partial charge < -0.3 is 9.47 Å². The minimum atomic E-state index is 1.12. The van der Waals surface area contributed by atoms with Crippen LogP contribution in [0.15, 0.2) is 206 Å². The van der Waals surface area contributed by atoms with Crippen LogP contribution < -0.4 is 4.90 Å². The van der Waals surface area contributed by atoms with Crippen molar-refractivity contribution in [2.75, 3.05) is 4.90 Å². The molecule has 0 radical (unpaired) electrons. The van der Waals surface area contributed by atoms with E-state index in [0.29, 0.717) is 0 Å². The highest BCUT2D eigenvalue weighted by Gasteiger charge is 2.20. The summed E-state index contributed by atoms with van der Waals surface area (Å²) in [5.74, 6) is 0. The summed E-state index contributed by atoms with van der Waals surface area (Å²) in [6.07, 6.45) is 0. The lowest BCUT2D eigenvalue weighted by molar-refractivity contribution is 1.19. The summed E-state index contributed by atoms with van der Waals surface area (Å²) in [7, 11) is 0. The molecule has 11 aromatic rings. The van der Waals surface area contributed by atoms with Crippen LogP contribution >= 0.6 is 11.3 Å². The molecule has 2 heterocycles. The van der Waals surface area contributed by atoms with Gasteiger partial charge in [0.1, 0.15) is 0 Å². The number of hydrogen-bond donors (Lipinski definition) is 0. The van der Waals surface area contributed by atoms with Crippen molar-refractivity contribution >= 4 is 81.1 Å². The Morgan fingerprint density at radius 3 is 1.78 bits per heavy atom. The first-order valence-corrected chi connectivity index (χ1v) is 19.6. The van der Waals surface area contributed by atoms with E-state index in [1.54, 1.807) is 0 Å². The highest BCUT2D eigenvalue weighted by molar-refractivity contribution is 7.26. The molecule has 258 valence electrons. The Bertz CT molecular complexity index is 3170. The summed E-state index contributed by atoms with van der Waals surface area (Å²) in [4.78, 5) is 2.36. The number of hydrogen-bond acceptors (Lipinski definition) is 2. The number of anilines is 3. The van der Waals surface area contributed by atoms with E-state index in [-0.39, 0.29) is 0 Å². The first-order chi connectivity index (χ1) is 27.3. The lowest BCUT2D eigenvalue weighted by Gasteiger charge is -2.27. The third-order valence-corrected chi connectivity index (χ3v) is 12.2. The van der Waals surface area contributed by atoms with Gasteiger partial charge in [-0.25, -0.2) is 0 Å². The smallest absolute Gasteiger partial charge is 0.0719 e. The van der Waals surface area contributed by atoms with Crippen molar-refractivity contribution in [3.63, 3.8) is 0 Å². The molecule has 0 fully saturated rings. The van der Waals surface area contributed by atoms with Gasteiger partial charge in [0.2, 0.25) is 0 Å². The average Bonchev–Trinajstić information content (AvgIpc) is 3.80. The fraction of sp³-hybridized carbons (Fsp3) is 0. The van der Waals surface area contributed by atoms with E-state index < -0.39 is 0 Å². The number of rotatable bonds is 6. The number of benzene rings is 9. The SMILES string of the molecule is c1ccc(-c2ccc3sc4c(ccc5c6cc(-c7ccc(N(c8ccccc8)c8cccc9ccccc89)cc7)ccc6n(-c6ccccc6)c54)c3c2)cc1.